The summed E-state index contributed by atoms with van der Waals surface area (Å²) in [4.78, 5) is 11.9. The molecule has 1 heterocycles. The Bertz CT molecular complexity index is 517. The van der Waals surface area contributed by atoms with Gasteiger partial charge in [-0.05, 0) is 37.1 Å². The number of hydrogen-bond acceptors (Lipinski definition) is 3. The maximum absolute atomic E-state index is 11.9. The minimum absolute atomic E-state index is 0.212. The Morgan fingerprint density at radius 2 is 2.16 bits per heavy atom. The molecule has 3 nitrogen and oxygen atoms in total. The maximum atomic E-state index is 11.9. The second-order valence-corrected chi connectivity index (χ2v) is 5.78. The Labute approximate surface area is 113 Å². The topological polar surface area (TPSA) is 46.5 Å². The third-order valence-electron chi connectivity index (χ3n) is 3.14. The number of ether oxygens (including phenoxy) is 1. The van der Waals surface area contributed by atoms with Crippen molar-refractivity contribution >= 4 is 11.9 Å². The van der Waals surface area contributed by atoms with E-state index in [2.05, 4.69) is 0 Å². The number of fused-ring (bicyclic) bond motifs is 1. The number of phenols is 1. The molecule has 2 rings (SSSR count). The number of hydrogen-bond donors (Lipinski definition) is 1. The van der Waals surface area contributed by atoms with Gasteiger partial charge in [0.1, 0.15) is 22.9 Å². The lowest BCUT2D eigenvalue weighted by Crippen LogP contribution is -2.34. The molecule has 0 saturated heterocycles. The number of ketones is 1. The minimum Gasteiger partial charge on any atom is -0.508 e. The van der Waals surface area contributed by atoms with Crippen LogP contribution >= 0.6 is 0 Å². The monoisotopic (exact) mass is 260 g/mol. The van der Waals surface area contributed by atoms with E-state index >= 15 is 0 Å². The van der Waals surface area contributed by atoms with Crippen LogP contribution in [-0.2, 0) is 4.79 Å². The van der Waals surface area contributed by atoms with Crippen LogP contribution in [0.5, 0.6) is 11.5 Å². The number of benzene rings is 1. The van der Waals surface area contributed by atoms with Crippen LogP contribution in [0.2, 0.25) is 0 Å². The van der Waals surface area contributed by atoms with Gasteiger partial charge in [-0.3, -0.25) is 4.79 Å². The van der Waals surface area contributed by atoms with Gasteiger partial charge < -0.3 is 9.84 Å². The second kappa shape index (κ2) is 5.08. The molecule has 0 amide bonds. The van der Waals surface area contributed by atoms with Gasteiger partial charge in [0.2, 0.25) is 0 Å². The Balaban J connectivity index is 2.12. The highest BCUT2D eigenvalue weighted by atomic mass is 16.5. The van der Waals surface area contributed by atoms with E-state index in [1.807, 2.05) is 32.9 Å². The first-order valence-electron chi connectivity index (χ1n) is 6.61. The zero-order valence-electron chi connectivity index (χ0n) is 11.6. The van der Waals surface area contributed by atoms with Crippen molar-refractivity contribution in [2.24, 2.45) is 5.92 Å². The molecule has 1 aliphatic heterocycles. The lowest BCUT2D eigenvalue weighted by molar-refractivity contribution is -0.122. The Morgan fingerprint density at radius 3 is 2.84 bits per heavy atom. The number of carbonyl (C=O) groups excluding carboxylic acids is 1. The molecule has 1 unspecified atom stereocenters. The quantitative estimate of drug-likeness (QED) is 0.900. The molecule has 0 aromatic heterocycles. The predicted molar refractivity (Wildman–Crippen MR) is 75.3 cm³/mol. The highest BCUT2D eigenvalue weighted by molar-refractivity contribution is 5.80. The van der Waals surface area contributed by atoms with Gasteiger partial charge in [0.05, 0.1) is 0 Å². The molecule has 0 aliphatic carbocycles. The third-order valence-corrected chi connectivity index (χ3v) is 3.14. The van der Waals surface area contributed by atoms with E-state index in [1.165, 1.54) is 0 Å². The van der Waals surface area contributed by atoms with Crippen LogP contribution < -0.4 is 4.74 Å². The van der Waals surface area contributed by atoms with Gasteiger partial charge in [-0.1, -0.05) is 19.9 Å². The summed E-state index contributed by atoms with van der Waals surface area (Å²) < 4.78 is 5.91. The molecule has 19 heavy (non-hydrogen) atoms. The average molecular weight is 260 g/mol. The van der Waals surface area contributed by atoms with Crippen LogP contribution in [-0.4, -0.2) is 16.5 Å². The van der Waals surface area contributed by atoms with E-state index in [9.17, 15) is 9.90 Å². The maximum Gasteiger partial charge on any atom is 0.137 e. The van der Waals surface area contributed by atoms with E-state index in [-0.39, 0.29) is 11.5 Å². The minimum atomic E-state index is -0.587. The lowest BCUT2D eigenvalue weighted by Gasteiger charge is -2.31. The molecule has 0 fully saturated rings. The Morgan fingerprint density at radius 1 is 1.42 bits per heavy atom. The van der Waals surface area contributed by atoms with Crippen LogP contribution in [0.4, 0.5) is 0 Å². The van der Waals surface area contributed by atoms with Gasteiger partial charge in [0, 0.05) is 18.4 Å². The van der Waals surface area contributed by atoms with Crippen LogP contribution in [0.3, 0.4) is 0 Å². The number of carbonyl (C=O) groups is 1. The molecule has 1 aliphatic rings. The van der Waals surface area contributed by atoms with Gasteiger partial charge >= 0.3 is 0 Å². The van der Waals surface area contributed by atoms with E-state index in [1.54, 1.807) is 18.2 Å². The lowest BCUT2D eigenvalue weighted by atomic mass is 9.92. The van der Waals surface area contributed by atoms with Crippen molar-refractivity contribution in [3.63, 3.8) is 0 Å². The molecule has 0 bridgehead atoms. The first kappa shape index (κ1) is 13.7. The van der Waals surface area contributed by atoms with E-state index < -0.39 is 5.60 Å². The SMILES string of the molecule is CC(C)CC(=O)CC1(C)C=Cc2cc(O)ccc2O1. The molecular formula is C16H20O3. The molecule has 102 valence electrons. The highest BCUT2D eigenvalue weighted by Crippen LogP contribution is 2.35. The summed E-state index contributed by atoms with van der Waals surface area (Å²) in [6.07, 6.45) is 4.76. The van der Waals surface area contributed by atoms with Crippen molar-refractivity contribution in [2.75, 3.05) is 0 Å². The van der Waals surface area contributed by atoms with Gasteiger partial charge in [-0.15, -0.1) is 0 Å². The van der Waals surface area contributed by atoms with Crippen LogP contribution in [0.25, 0.3) is 6.08 Å². The van der Waals surface area contributed by atoms with Crippen LogP contribution in [0, 0.1) is 5.92 Å². The van der Waals surface area contributed by atoms with Crippen molar-refractivity contribution in [3.05, 3.63) is 29.8 Å². The highest BCUT2D eigenvalue weighted by Gasteiger charge is 2.30. The predicted octanol–water partition coefficient (Wildman–Crippen LogP) is 3.56. The van der Waals surface area contributed by atoms with Gasteiger partial charge in [-0.25, -0.2) is 0 Å². The van der Waals surface area contributed by atoms with Crippen molar-refractivity contribution in [3.8, 4) is 11.5 Å². The molecule has 1 aromatic rings. The van der Waals surface area contributed by atoms with Crippen LogP contribution in [0.15, 0.2) is 24.3 Å². The molecule has 0 saturated carbocycles. The number of aromatic hydroxyl groups is 1. The molecule has 0 radical (unpaired) electrons. The molecule has 0 spiro atoms. The van der Waals surface area contributed by atoms with Gasteiger partial charge in [0.15, 0.2) is 0 Å². The van der Waals surface area contributed by atoms with Crippen molar-refractivity contribution in [2.45, 2.75) is 39.2 Å². The normalized spacial score (nSPS) is 21.1. The van der Waals surface area contributed by atoms with Crippen molar-refractivity contribution in [1.82, 2.24) is 0 Å². The summed E-state index contributed by atoms with van der Waals surface area (Å²) in [7, 11) is 0. The third kappa shape index (κ3) is 3.37. The molecule has 1 N–H and O–H groups in total. The summed E-state index contributed by atoms with van der Waals surface area (Å²) in [6.45, 7) is 5.99. The largest absolute Gasteiger partial charge is 0.508 e. The Kier molecular flexibility index (Phi) is 3.65. The summed E-state index contributed by atoms with van der Waals surface area (Å²) >= 11 is 0. The first-order valence-corrected chi connectivity index (χ1v) is 6.61. The van der Waals surface area contributed by atoms with Crippen molar-refractivity contribution in [1.29, 1.82) is 0 Å². The summed E-state index contributed by atoms with van der Waals surface area (Å²) in [5.74, 6) is 1.50. The van der Waals surface area contributed by atoms with E-state index in [0.717, 1.165) is 5.56 Å². The number of phenolic OH excluding ortho intramolecular Hbond substituents is 1. The number of rotatable bonds is 4. The fourth-order valence-electron chi connectivity index (χ4n) is 2.32. The summed E-state index contributed by atoms with van der Waals surface area (Å²) in [5.41, 5.74) is 0.254. The smallest absolute Gasteiger partial charge is 0.137 e. The average Bonchev–Trinajstić information content (AvgIpc) is 2.28. The fraction of sp³-hybridized carbons (Fsp3) is 0.438. The number of Topliss-reactive ketones (excluding diaryl/α,β-unsaturated/α-hetero) is 1. The molecular weight excluding hydrogens is 240 g/mol. The second-order valence-electron chi connectivity index (χ2n) is 5.78. The van der Waals surface area contributed by atoms with E-state index in [0.29, 0.717) is 24.5 Å². The molecule has 1 aromatic carbocycles. The zero-order valence-corrected chi connectivity index (χ0v) is 11.6. The van der Waals surface area contributed by atoms with Gasteiger partial charge in [0.25, 0.3) is 0 Å². The van der Waals surface area contributed by atoms with Crippen LogP contribution in [0.1, 0.15) is 39.2 Å². The summed E-state index contributed by atoms with van der Waals surface area (Å²) in [5, 5.41) is 9.42. The first-order chi connectivity index (χ1) is 8.88. The summed E-state index contributed by atoms with van der Waals surface area (Å²) in [6, 6.07) is 4.98. The van der Waals surface area contributed by atoms with Crippen molar-refractivity contribution < 1.29 is 14.6 Å². The Hall–Kier alpha value is -1.77. The molecule has 1 atom stereocenters. The van der Waals surface area contributed by atoms with Gasteiger partial charge in [-0.2, -0.15) is 0 Å². The molecule has 3 heteroatoms. The van der Waals surface area contributed by atoms with E-state index in [4.69, 9.17) is 4.74 Å². The zero-order chi connectivity index (χ0) is 14.0. The standard InChI is InChI=1S/C16H20O3/c1-11(2)8-14(18)10-16(3)7-6-12-9-13(17)4-5-15(12)19-16/h4-7,9,11,17H,8,10H2,1-3H3. The fourth-order valence-corrected chi connectivity index (χ4v) is 2.32.